The minimum Gasteiger partial charge on any atom is -0.479 e. The minimum absolute atomic E-state index is 0.174. The van der Waals surface area contributed by atoms with Crippen LogP contribution in [0.15, 0.2) is 0 Å². The molecule has 1 atom stereocenters. The van der Waals surface area contributed by atoms with E-state index in [1.165, 1.54) is 0 Å². The van der Waals surface area contributed by atoms with Gasteiger partial charge in [-0.25, -0.2) is 9.78 Å². The van der Waals surface area contributed by atoms with Gasteiger partial charge in [0.05, 0.1) is 0 Å². The molecule has 0 fully saturated rings. The number of carboxylic acids is 1. The van der Waals surface area contributed by atoms with Crippen LogP contribution in [0.3, 0.4) is 0 Å². The van der Waals surface area contributed by atoms with Crippen LogP contribution in [0.1, 0.15) is 33.5 Å². The Morgan fingerprint density at radius 2 is 1.79 bits per heavy atom. The molecule has 0 saturated heterocycles. The van der Waals surface area contributed by atoms with E-state index in [2.05, 4.69) is 9.36 Å². The number of carboxylic acid groups (broad SMARTS) is 1. The number of aliphatic carboxylic acids is 1. The molecule has 1 aromatic rings. The predicted molar refractivity (Wildman–Crippen MR) is 64.3 cm³/mol. The summed E-state index contributed by atoms with van der Waals surface area (Å²) in [6.07, 6.45) is -4.95. The van der Waals surface area contributed by atoms with Crippen molar-refractivity contribution in [2.45, 2.75) is 44.8 Å². The topological polar surface area (TPSA) is 75.1 Å². The maximum atomic E-state index is 12.8. The monoisotopic (exact) mass is 297 g/mol. The highest BCUT2D eigenvalue weighted by Crippen LogP contribution is 2.34. The van der Waals surface area contributed by atoms with Crippen molar-refractivity contribution in [1.82, 2.24) is 9.36 Å². The Labute approximate surface area is 112 Å². The quantitative estimate of drug-likeness (QED) is 0.897. The van der Waals surface area contributed by atoms with Gasteiger partial charge in [0.1, 0.15) is 5.82 Å². The average molecular weight is 297 g/mol. The van der Waals surface area contributed by atoms with Crippen LogP contribution in [0.4, 0.5) is 18.3 Å². The number of carbonyl (C=O) groups is 1. The Bertz CT molecular complexity index is 481. The Hall–Kier alpha value is -1.38. The maximum Gasteiger partial charge on any atom is 0.422 e. The molecule has 0 saturated carbocycles. The van der Waals surface area contributed by atoms with E-state index in [1.54, 1.807) is 20.8 Å². The van der Waals surface area contributed by atoms with Gasteiger partial charge in [0.15, 0.2) is 0 Å². The molecule has 0 aromatic carbocycles. The Morgan fingerprint density at radius 1 is 1.26 bits per heavy atom. The van der Waals surface area contributed by atoms with Crippen molar-refractivity contribution in [3.05, 3.63) is 5.82 Å². The van der Waals surface area contributed by atoms with E-state index >= 15 is 0 Å². The summed E-state index contributed by atoms with van der Waals surface area (Å²) in [5.41, 5.74) is -3.52. The number of nitrogens with zero attached hydrogens (tertiary/aromatic N) is 2. The first-order valence-corrected chi connectivity index (χ1v) is 6.08. The lowest BCUT2D eigenvalue weighted by Gasteiger charge is -2.28. The first-order chi connectivity index (χ1) is 8.38. The van der Waals surface area contributed by atoms with Crippen LogP contribution in [0, 0.1) is 0 Å². The van der Waals surface area contributed by atoms with E-state index in [-0.39, 0.29) is 5.13 Å². The van der Waals surface area contributed by atoms with Gasteiger partial charge in [-0.1, -0.05) is 20.8 Å². The lowest BCUT2D eigenvalue weighted by atomic mass is 9.96. The fourth-order valence-corrected chi connectivity index (χ4v) is 1.90. The zero-order valence-electron chi connectivity index (χ0n) is 10.8. The van der Waals surface area contributed by atoms with Crippen LogP contribution in [-0.4, -0.2) is 32.1 Å². The third kappa shape index (κ3) is 3.14. The van der Waals surface area contributed by atoms with Crippen molar-refractivity contribution in [1.29, 1.82) is 0 Å². The molecule has 1 unspecified atom stereocenters. The third-order valence-electron chi connectivity index (χ3n) is 2.45. The molecule has 1 aromatic heterocycles. The molecule has 108 valence electrons. The molecule has 9 heteroatoms. The first kappa shape index (κ1) is 15.7. The standard InChI is InChI=1S/C10H14F3N3O2S/c1-8(2,3)5-14-7(19-16-5)15-9(4,6(17)18)10(11,12)13/h1-4H3,(H,17,18)(H,14,15,16). The number of hydrogen-bond donors (Lipinski definition) is 2. The molecule has 0 radical (unpaired) electrons. The normalized spacial score (nSPS) is 15.9. The van der Waals surface area contributed by atoms with E-state index in [1.807, 2.05) is 5.32 Å². The van der Waals surface area contributed by atoms with Crippen molar-refractivity contribution >= 4 is 22.6 Å². The van der Waals surface area contributed by atoms with Crippen LogP contribution in [0.5, 0.6) is 0 Å². The predicted octanol–water partition coefficient (Wildman–Crippen LogP) is 2.65. The van der Waals surface area contributed by atoms with Crippen LogP contribution < -0.4 is 5.32 Å². The highest BCUT2D eigenvalue weighted by atomic mass is 32.1. The summed E-state index contributed by atoms with van der Waals surface area (Å²) in [4.78, 5) is 14.7. The van der Waals surface area contributed by atoms with Crippen molar-refractivity contribution in [3.8, 4) is 0 Å². The van der Waals surface area contributed by atoms with Gasteiger partial charge < -0.3 is 10.4 Å². The molecule has 1 rings (SSSR count). The smallest absolute Gasteiger partial charge is 0.422 e. The van der Waals surface area contributed by atoms with Crippen LogP contribution in [0.2, 0.25) is 0 Å². The second kappa shape index (κ2) is 4.62. The molecule has 0 aliphatic carbocycles. The van der Waals surface area contributed by atoms with E-state index in [0.29, 0.717) is 24.3 Å². The molecule has 2 N–H and O–H groups in total. The van der Waals surface area contributed by atoms with Gasteiger partial charge >= 0.3 is 12.1 Å². The molecular formula is C10H14F3N3O2S. The Morgan fingerprint density at radius 3 is 2.11 bits per heavy atom. The van der Waals surface area contributed by atoms with Gasteiger partial charge in [0.2, 0.25) is 10.7 Å². The van der Waals surface area contributed by atoms with Gasteiger partial charge in [-0.05, 0) is 6.92 Å². The Balaban J connectivity index is 3.06. The zero-order valence-corrected chi connectivity index (χ0v) is 11.6. The van der Waals surface area contributed by atoms with E-state index < -0.39 is 23.1 Å². The number of hydrogen-bond acceptors (Lipinski definition) is 5. The summed E-state index contributed by atoms with van der Waals surface area (Å²) >= 11 is 0.701. The van der Waals surface area contributed by atoms with E-state index in [4.69, 9.17) is 5.11 Å². The highest BCUT2D eigenvalue weighted by Gasteiger charge is 2.58. The van der Waals surface area contributed by atoms with Crippen LogP contribution in [-0.2, 0) is 10.2 Å². The largest absolute Gasteiger partial charge is 0.479 e. The molecular weight excluding hydrogens is 283 g/mol. The molecule has 1 heterocycles. The number of nitrogens with one attached hydrogen (secondary N) is 1. The first-order valence-electron chi connectivity index (χ1n) is 5.30. The molecule has 0 aliphatic rings. The van der Waals surface area contributed by atoms with Gasteiger partial charge in [-0.3, -0.25) is 0 Å². The Kier molecular flexibility index (Phi) is 3.81. The summed E-state index contributed by atoms with van der Waals surface area (Å²) in [6, 6.07) is 0. The van der Waals surface area contributed by atoms with E-state index in [0.717, 1.165) is 0 Å². The number of rotatable bonds is 3. The van der Waals surface area contributed by atoms with Crippen LogP contribution in [0.25, 0.3) is 0 Å². The van der Waals surface area contributed by atoms with Crippen LogP contribution >= 0.6 is 11.5 Å². The molecule has 19 heavy (non-hydrogen) atoms. The number of aromatic nitrogens is 2. The van der Waals surface area contributed by atoms with E-state index in [9.17, 15) is 18.0 Å². The molecule has 0 aliphatic heterocycles. The fourth-order valence-electron chi connectivity index (χ4n) is 1.04. The lowest BCUT2D eigenvalue weighted by molar-refractivity contribution is -0.192. The summed E-state index contributed by atoms with van der Waals surface area (Å²) in [5, 5.41) is 10.5. The number of halogens is 3. The minimum atomic E-state index is -4.95. The lowest BCUT2D eigenvalue weighted by Crippen LogP contribution is -2.55. The summed E-state index contributed by atoms with van der Waals surface area (Å²) in [6.45, 7) is 5.96. The average Bonchev–Trinajstić information content (AvgIpc) is 2.63. The summed E-state index contributed by atoms with van der Waals surface area (Å²) in [5.74, 6) is -1.66. The fraction of sp³-hybridized carbons (Fsp3) is 0.700. The van der Waals surface area contributed by atoms with Gasteiger partial charge in [0.25, 0.3) is 0 Å². The summed E-state index contributed by atoms with van der Waals surface area (Å²) in [7, 11) is 0. The van der Waals surface area contributed by atoms with Crippen molar-refractivity contribution in [3.63, 3.8) is 0 Å². The van der Waals surface area contributed by atoms with Gasteiger partial charge in [-0.2, -0.15) is 17.5 Å². The molecule has 0 spiro atoms. The number of anilines is 1. The zero-order chi connectivity index (χ0) is 15.1. The highest BCUT2D eigenvalue weighted by molar-refractivity contribution is 7.09. The second-order valence-electron chi connectivity index (χ2n) is 5.23. The van der Waals surface area contributed by atoms with Gasteiger partial charge in [0, 0.05) is 16.9 Å². The van der Waals surface area contributed by atoms with Gasteiger partial charge in [-0.15, -0.1) is 0 Å². The van der Waals surface area contributed by atoms with Crippen molar-refractivity contribution in [2.75, 3.05) is 5.32 Å². The van der Waals surface area contributed by atoms with Crippen molar-refractivity contribution in [2.24, 2.45) is 0 Å². The SMILES string of the molecule is CC(C)(C)c1nsc(NC(C)(C(=O)O)C(F)(F)F)n1. The van der Waals surface area contributed by atoms with Crippen molar-refractivity contribution < 1.29 is 23.1 Å². The maximum absolute atomic E-state index is 12.8. The third-order valence-corrected chi connectivity index (χ3v) is 3.08. The summed E-state index contributed by atoms with van der Waals surface area (Å²) < 4.78 is 42.3. The molecule has 0 amide bonds. The molecule has 5 nitrogen and oxygen atoms in total. The second-order valence-corrected chi connectivity index (χ2v) is 5.98. The molecule has 0 bridgehead atoms. The number of alkyl halides is 3.